The van der Waals surface area contributed by atoms with Gasteiger partial charge in [0, 0.05) is 24.2 Å². The van der Waals surface area contributed by atoms with E-state index in [2.05, 4.69) is 31.6 Å². The minimum Gasteiger partial charge on any atom is -0.324 e. The van der Waals surface area contributed by atoms with Crippen LogP contribution in [0.4, 0.5) is 5.82 Å². The number of pyridine rings is 1. The summed E-state index contributed by atoms with van der Waals surface area (Å²) in [5.74, 6) is 0.854. The summed E-state index contributed by atoms with van der Waals surface area (Å²) < 4.78 is 0. The molecule has 0 aromatic carbocycles. The molecule has 2 aromatic rings. The van der Waals surface area contributed by atoms with Crippen LogP contribution < -0.4 is 5.32 Å². The molecule has 0 radical (unpaired) electrons. The van der Waals surface area contributed by atoms with Crippen LogP contribution in [0.5, 0.6) is 0 Å². The van der Waals surface area contributed by atoms with Gasteiger partial charge in [0.1, 0.15) is 11.8 Å². The average molecular weight is 329 g/mol. The van der Waals surface area contributed by atoms with E-state index in [1.807, 2.05) is 32.0 Å². The Morgan fingerprint density at radius 3 is 3.00 bits per heavy atom. The first-order valence-corrected chi connectivity index (χ1v) is 7.58. The fraction of sp³-hybridized carbons (Fsp3) is 0.250. The zero-order valence-electron chi connectivity index (χ0n) is 12.9. The summed E-state index contributed by atoms with van der Waals surface area (Å²) in [5, 5.41) is 19.4. The minimum absolute atomic E-state index is 0.101. The molecule has 0 saturated carbocycles. The normalized spacial score (nSPS) is 13.5. The van der Waals surface area contributed by atoms with Gasteiger partial charge in [0.2, 0.25) is 0 Å². The molecule has 0 bridgehead atoms. The van der Waals surface area contributed by atoms with Gasteiger partial charge in [-0.25, -0.2) is 0 Å². The van der Waals surface area contributed by atoms with E-state index in [4.69, 9.17) is 11.6 Å². The number of H-pyrrole nitrogens is 1. The molecule has 0 aliphatic rings. The molecule has 1 unspecified atom stereocenters. The Bertz CT molecular complexity index is 741. The van der Waals surface area contributed by atoms with E-state index in [-0.39, 0.29) is 11.9 Å². The van der Waals surface area contributed by atoms with Crippen molar-refractivity contribution in [2.45, 2.75) is 13.8 Å². The molecule has 0 aliphatic carbocycles. The zero-order chi connectivity index (χ0) is 16.7. The van der Waals surface area contributed by atoms with Gasteiger partial charge in [-0.2, -0.15) is 10.4 Å². The van der Waals surface area contributed by atoms with Crippen LogP contribution in [0.15, 0.2) is 41.7 Å². The number of anilines is 1. The van der Waals surface area contributed by atoms with Crippen LogP contribution >= 0.6 is 11.6 Å². The fourth-order valence-electron chi connectivity index (χ4n) is 2.01. The molecule has 0 fully saturated rings. The second-order valence-corrected chi connectivity index (χ2v) is 5.16. The van der Waals surface area contributed by atoms with E-state index >= 15 is 0 Å². The predicted molar refractivity (Wildman–Crippen MR) is 92.1 cm³/mol. The topological polar surface area (TPSA) is 89.8 Å². The highest BCUT2D eigenvalue weighted by Crippen LogP contribution is 2.22. The third-order valence-electron chi connectivity index (χ3n) is 3.14. The number of hydrogen-bond donors (Lipinski definition) is 2. The van der Waals surface area contributed by atoms with Crippen molar-refractivity contribution in [2.75, 3.05) is 11.3 Å². The van der Waals surface area contributed by atoms with Crippen molar-refractivity contribution in [3.63, 3.8) is 0 Å². The van der Waals surface area contributed by atoms with E-state index in [1.165, 1.54) is 0 Å². The van der Waals surface area contributed by atoms with Crippen molar-refractivity contribution >= 4 is 28.8 Å². The Kier molecular flexibility index (Phi) is 5.89. The van der Waals surface area contributed by atoms with Crippen molar-refractivity contribution in [3.05, 3.63) is 47.9 Å². The number of amidine groups is 1. The lowest BCUT2D eigenvalue weighted by Crippen LogP contribution is -2.12. The third-order valence-corrected chi connectivity index (χ3v) is 3.26. The largest absolute Gasteiger partial charge is 0.324 e. The molecule has 118 valence electrons. The smallest absolute Gasteiger partial charge is 0.153 e. The van der Waals surface area contributed by atoms with Crippen molar-refractivity contribution in [2.24, 2.45) is 10.9 Å². The maximum Gasteiger partial charge on any atom is 0.153 e. The molecule has 2 heterocycles. The number of rotatable bonds is 5. The number of aryl methyl sites for hydroxylation is 1. The monoisotopic (exact) mass is 328 g/mol. The van der Waals surface area contributed by atoms with Crippen molar-refractivity contribution < 1.29 is 0 Å². The molecule has 2 aromatic heterocycles. The molecule has 0 spiro atoms. The first kappa shape index (κ1) is 16.7. The summed E-state index contributed by atoms with van der Waals surface area (Å²) >= 11 is 5.75. The lowest BCUT2D eigenvalue weighted by atomic mass is 9.95. The summed E-state index contributed by atoms with van der Waals surface area (Å²) in [6, 6.07) is 7.94. The Balaban J connectivity index is 2.37. The van der Waals surface area contributed by atoms with E-state index in [0.717, 1.165) is 16.8 Å². The number of aromatic amines is 1. The van der Waals surface area contributed by atoms with Crippen molar-refractivity contribution in [1.29, 1.82) is 5.26 Å². The molecule has 2 rings (SSSR count). The molecular formula is C16H17ClN6. The maximum absolute atomic E-state index is 9.29. The van der Waals surface area contributed by atoms with Crippen LogP contribution in [0.25, 0.3) is 5.57 Å². The van der Waals surface area contributed by atoms with E-state index in [0.29, 0.717) is 11.7 Å². The number of nitrogens with one attached hydrogen (secondary N) is 2. The second kappa shape index (κ2) is 8.11. The first-order chi connectivity index (χ1) is 11.1. The van der Waals surface area contributed by atoms with Crippen molar-refractivity contribution in [1.82, 2.24) is 15.2 Å². The number of aromatic nitrogens is 3. The van der Waals surface area contributed by atoms with Gasteiger partial charge < -0.3 is 5.32 Å². The molecule has 7 heteroatoms. The minimum atomic E-state index is -0.317. The molecule has 2 N–H and O–H groups in total. The van der Waals surface area contributed by atoms with Crippen LogP contribution in [-0.2, 0) is 0 Å². The molecule has 0 saturated heterocycles. The second-order valence-electron chi connectivity index (χ2n) is 4.92. The third kappa shape index (κ3) is 4.66. The van der Waals surface area contributed by atoms with Crippen LogP contribution in [0, 0.1) is 24.2 Å². The predicted octanol–water partition coefficient (Wildman–Crippen LogP) is 3.36. The van der Waals surface area contributed by atoms with E-state index in [1.54, 1.807) is 18.5 Å². The lowest BCUT2D eigenvalue weighted by molar-refractivity contribution is 0.978. The van der Waals surface area contributed by atoms with Gasteiger partial charge in [-0.3, -0.25) is 15.1 Å². The van der Waals surface area contributed by atoms with Gasteiger partial charge in [-0.15, -0.1) is 11.6 Å². The van der Waals surface area contributed by atoms with Crippen LogP contribution in [0.1, 0.15) is 18.2 Å². The first-order valence-electron chi connectivity index (χ1n) is 7.05. The van der Waals surface area contributed by atoms with E-state index < -0.39 is 0 Å². The average Bonchev–Trinajstić information content (AvgIpc) is 2.97. The van der Waals surface area contributed by atoms with Gasteiger partial charge in [0.15, 0.2) is 5.82 Å². The highest BCUT2D eigenvalue weighted by Gasteiger charge is 2.12. The van der Waals surface area contributed by atoms with Gasteiger partial charge in [-0.05, 0) is 37.1 Å². The SMILES string of the molecule is Cc1cc(NC(/C=C(/c2cccnc2)C(C)C#N)=NCCl)n[nH]1. The van der Waals surface area contributed by atoms with E-state index in [9.17, 15) is 5.26 Å². The number of aliphatic imine (C=N–C) groups is 1. The maximum atomic E-state index is 9.29. The Hall–Kier alpha value is -2.65. The van der Waals surface area contributed by atoms with Crippen molar-refractivity contribution in [3.8, 4) is 6.07 Å². The summed E-state index contributed by atoms with van der Waals surface area (Å²) in [7, 11) is 0. The number of allylic oxidation sites excluding steroid dienone is 1. The van der Waals surface area contributed by atoms with Crippen LogP contribution in [0.3, 0.4) is 0 Å². The molecule has 23 heavy (non-hydrogen) atoms. The van der Waals surface area contributed by atoms with Gasteiger partial charge >= 0.3 is 0 Å². The highest BCUT2D eigenvalue weighted by molar-refractivity contribution is 6.19. The van der Waals surface area contributed by atoms with Gasteiger partial charge in [-0.1, -0.05) is 6.07 Å². The zero-order valence-corrected chi connectivity index (χ0v) is 13.7. The Morgan fingerprint density at radius 2 is 2.43 bits per heavy atom. The summed E-state index contributed by atoms with van der Waals surface area (Å²) in [4.78, 5) is 8.33. The number of nitrogens with zero attached hydrogens (tertiary/aromatic N) is 4. The quantitative estimate of drug-likeness (QED) is 0.381. The Labute approximate surface area is 139 Å². The molecule has 6 nitrogen and oxygen atoms in total. The molecule has 1 atom stereocenters. The highest BCUT2D eigenvalue weighted by atomic mass is 35.5. The summed E-state index contributed by atoms with van der Waals surface area (Å²) in [6.07, 6.45) is 5.21. The van der Waals surface area contributed by atoms with Gasteiger partial charge in [0.25, 0.3) is 0 Å². The van der Waals surface area contributed by atoms with Crippen LogP contribution in [-0.4, -0.2) is 27.0 Å². The number of nitriles is 1. The van der Waals surface area contributed by atoms with Gasteiger partial charge in [0.05, 0.1) is 12.0 Å². The van der Waals surface area contributed by atoms with Crippen LogP contribution in [0.2, 0.25) is 0 Å². The fourth-order valence-corrected chi connectivity index (χ4v) is 2.14. The molecule has 0 amide bonds. The Morgan fingerprint density at radius 1 is 1.61 bits per heavy atom. The standard InChI is InChI=1S/C16H17ClN6/c1-11(8-18)14(13-4-3-5-19-9-13)7-15(20-10-17)21-16-6-12(2)22-23-16/h3-7,9,11H,10H2,1-2H3,(H2,20,21,22,23)/b14-7+. The number of alkyl halides is 1. The number of halogens is 1. The summed E-state index contributed by atoms with van der Waals surface area (Å²) in [6.45, 7) is 3.74. The molecular weight excluding hydrogens is 312 g/mol. The lowest BCUT2D eigenvalue weighted by Gasteiger charge is -2.11. The molecule has 0 aliphatic heterocycles. The summed E-state index contributed by atoms with van der Waals surface area (Å²) in [5.41, 5.74) is 2.60. The number of hydrogen-bond acceptors (Lipinski definition) is 4.